The third-order valence-corrected chi connectivity index (χ3v) is 19.1. The molecule has 0 bridgehead atoms. The number of thioether (sulfide) groups is 1. The van der Waals surface area contributed by atoms with E-state index in [1.54, 1.807) is 24.4 Å². The average Bonchev–Trinajstić information content (AvgIpc) is 3.51. The molecule has 5 atom stereocenters. The molecular formula is C41H49Cl2F5N6O4SSi. The van der Waals surface area contributed by atoms with Gasteiger partial charge in [-0.15, -0.1) is 0 Å². The summed E-state index contributed by atoms with van der Waals surface area (Å²) < 4.78 is 79.1. The lowest BCUT2D eigenvalue weighted by atomic mass is 9.81. The monoisotopic (exact) mass is 914 g/mol. The second kappa shape index (κ2) is 15.5. The van der Waals surface area contributed by atoms with E-state index in [2.05, 4.69) is 4.98 Å². The number of hydrogen-bond donors (Lipinski definition) is 0. The number of benzene rings is 1. The number of carbonyl (C=O) groups excluding carboxylic acids is 3. The summed E-state index contributed by atoms with van der Waals surface area (Å²) in [5.74, 6) is -4.14. The summed E-state index contributed by atoms with van der Waals surface area (Å²) in [5, 5.41) is 0.365. The first-order chi connectivity index (χ1) is 27.8. The highest BCUT2D eigenvalue weighted by atomic mass is 35.5. The highest BCUT2D eigenvalue weighted by Gasteiger charge is 2.62. The van der Waals surface area contributed by atoms with Crippen LogP contribution in [-0.4, -0.2) is 112 Å². The van der Waals surface area contributed by atoms with E-state index in [0.717, 1.165) is 16.7 Å². The van der Waals surface area contributed by atoms with Gasteiger partial charge in [-0.2, -0.15) is 13.2 Å². The number of nitrogens with zero attached hydrogens (tertiary/aromatic N) is 6. The number of halogens is 7. The fourth-order valence-corrected chi connectivity index (χ4v) is 11.2. The van der Waals surface area contributed by atoms with Crippen LogP contribution in [0.2, 0.25) is 28.3 Å². The van der Waals surface area contributed by atoms with Crippen molar-refractivity contribution in [2.24, 2.45) is 10.9 Å². The van der Waals surface area contributed by atoms with Crippen molar-refractivity contribution >= 4 is 66.2 Å². The Bertz CT molecular complexity index is 2150. The van der Waals surface area contributed by atoms with Gasteiger partial charge in [0.1, 0.15) is 33.6 Å². The van der Waals surface area contributed by atoms with Crippen LogP contribution >= 0.6 is 35.0 Å². The zero-order chi connectivity index (χ0) is 44.1. The average molecular weight is 916 g/mol. The van der Waals surface area contributed by atoms with E-state index >= 15 is 8.78 Å². The summed E-state index contributed by atoms with van der Waals surface area (Å²) >= 11 is 13.3. The molecule has 5 aliphatic rings. The third-order valence-electron chi connectivity index (χ3n) is 13.0. The Labute approximate surface area is 362 Å². The lowest BCUT2D eigenvalue weighted by molar-refractivity contribution is -0.194. The topological polar surface area (TPSA) is 98.7 Å². The molecule has 2 saturated heterocycles. The molecule has 10 nitrogen and oxygen atoms in total. The Morgan fingerprint density at radius 1 is 1.05 bits per heavy atom. The van der Waals surface area contributed by atoms with Crippen molar-refractivity contribution in [1.29, 1.82) is 0 Å². The van der Waals surface area contributed by atoms with Crippen LogP contribution in [0.3, 0.4) is 0 Å². The van der Waals surface area contributed by atoms with Crippen LogP contribution < -0.4 is 0 Å². The minimum Gasteiger partial charge on any atom is -0.415 e. The summed E-state index contributed by atoms with van der Waals surface area (Å²) in [5.41, 5.74) is -0.547. The number of aliphatic imine (C=N–C) groups is 1. The number of alkyl halides is 4. The lowest BCUT2D eigenvalue weighted by Crippen LogP contribution is -2.67. The number of amidine groups is 1. The molecule has 3 amide bonds. The van der Waals surface area contributed by atoms with Crippen LogP contribution in [0.25, 0.3) is 0 Å². The zero-order valence-corrected chi connectivity index (χ0v) is 38.0. The number of carbonyl (C=O) groups is 3. The van der Waals surface area contributed by atoms with Crippen LogP contribution in [0.1, 0.15) is 78.0 Å². The minimum atomic E-state index is -5.12. The Morgan fingerprint density at radius 2 is 1.73 bits per heavy atom. The Morgan fingerprint density at radius 3 is 2.30 bits per heavy atom. The number of likely N-dealkylation sites (tertiary alicyclic amines) is 1. The SMILES string of the molecule is CC(C)C1=C(C(=O)N2C[C@H](F)C[C@H]2C(=O)N2CC3(CC3)N(C(=O)C(F)(F)F)C[C@H]2CO[Si](C)(C)C(C)(C)C)SC2=N[C@@](C)(c3ccc(Cl)nc3)[C@@H](c3ccc(Cl)c(F)c3)N21. The van der Waals surface area contributed by atoms with E-state index in [-0.39, 0.29) is 65.0 Å². The minimum absolute atomic E-state index is 0.0701. The number of amides is 3. The Balaban J connectivity index is 1.24. The largest absolute Gasteiger partial charge is 0.471 e. The van der Waals surface area contributed by atoms with Crippen molar-refractivity contribution in [3.63, 3.8) is 0 Å². The number of hydrogen-bond acceptors (Lipinski definition) is 8. The molecule has 1 aromatic heterocycles. The van der Waals surface area contributed by atoms with Gasteiger partial charge in [-0.3, -0.25) is 14.4 Å². The van der Waals surface area contributed by atoms with Gasteiger partial charge in [0, 0.05) is 37.0 Å². The number of allylic oxidation sites excluding steroid dienone is 1. The highest BCUT2D eigenvalue weighted by molar-refractivity contribution is 8.18. The highest BCUT2D eigenvalue weighted by Crippen LogP contribution is 2.57. The molecule has 0 unspecified atom stereocenters. The molecule has 326 valence electrons. The molecule has 1 aliphatic carbocycles. The van der Waals surface area contributed by atoms with E-state index in [1.165, 1.54) is 21.9 Å². The van der Waals surface area contributed by atoms with Crippen LogP contribution in [-0.2, 0) is 24.3 Å². The van der Waals surface area contributed by atoms with Gasteiger partial charge in [0.05, 0.1) is 35.8 Å². The van der Waals surface area contributed by atoms with Crippen molar-refractivity contribution < 1.29 is 40.8 Å². The molecule has 1 spiro atoms. The summed E-state index contributed by atoms with van der Waals surface area (Å²) in [4.78, 5) is 57.6. The van der Waals surface area contributed by atoms with Crippen molar-refractivity contribution in [3.8, 4) is 0 Å². The third kappa shape index (κ3) is 7.87. The second-order valence-electron chi connectivity index (χ2n) is 18.5. The van der Waals surface area contributed by atoms with Gasteiger partial charge in [0.2, 0.25) is 5.91 Å². The van der Waals surface area contributed by atoms with Crippen molar-refractivity contribution in [2.45, 2.75) is 120 Å². The van der Waals surface area contributed by atoms with Gasteiger partial charge in [-0.1, -0.05) is 70.0 Å². The van der Waals surface area contributed by atoms with Gasteiger partial charge in [0.25, 0.3) is 5.91 Å². The van der Waals surface area contributed by atoms with Gasteiger partial charge < -0.3 is 24.0 Å². The maximum atomic E-state index is 15.7. The van der Waals surface area contributed by atoms with E-state index in [9.17, 15) is 27.6 Å². The maximum absolute atomic E-state index is 15.7. The predicted molar refractivity (Wildman–Crippen MR) is 223 cm³/mol. The molecule has 0 radical (unpaired) electrons. The molecule has 19 heteroatoms. The molecule has 60 heavy (non-hydrogen) atoms. The fourth-order valence-electron chi connectivity index (χ4n) is 8.53. The number of aromatic nitrogens is 1. The summed E-state index contributed by atoms with van der Waals surface area (Å²) in [7, 11) is -2.50. The quantitative estimate of drug-likeness (QED) is 0.148. The van der Waals surface area contributed by atoms with Crippen molar-refractivity contribution in [3.05, 3.63) is 74.3 Å². The normalized spacial score (nSPS) is 26.7. The number of pyridine rings is 1. The summed E-state index contributed by atoms with van der Waals surface area (Å²) in [6.07, 6.45) is -4.88. The van der Waals surface area contributed by atoms with Crippen LogP contribution in [0.4, 0.5) is 22.0 Å². The fraction of sp³-hybridized carbons (Fsp3) is 0.585. The van der Waals surface area contributed by atoms with Gasteiger partial charge in [-0.05, 0) is 79.3 Å². The lowest BCUT2D eigenvalue weighted by Gasteiger charge is -2.49. The molecule has 0 N–H and O–H groups in total. The Hall–Kier alpha value is -3.25. The molecule has 5 heterocycles. The van der Waals surface area contributed by atoms with E-state index in [1.807, 2.05) is 59.5 Å². The molecule has 1 aromatic carbocycles. The van der Waals surface area contributed by atoms with E-state index in [0.29, 0.717) is 22.0 Å². The van der Waals surface area contributed by atoms with E-state index < -0.39 is 80.0 Å². The molecule has 7 rings (SSSR count). The predicted octanol–water partition coefficient (Wildman–Crippen LogP) is 8.87. The van der Waals surface area contributed by atoms with Crippen LogP contribution in [0.15, 0.2) is 52.1 Å². The molecule has 1 saturated carbocycles. The van der Waals surface area contributed by atoms with Crippen molar-refractivity contribution in [1.82, 2.24) is 24.6 Å². The first-order valence-corrected chi connectivity index (χ1v) is 24.4. The first kappa shape index (κ1) is 44.8. The molecular weight excluding hydrogens is 867 g/mol. The maximum Gasteiger partial charge on any atom is 0.471 e. The van der Waals surface area contributed by atoms with Crippen molar-refractivity contribution in [2.75, 3.05) is 26.2 Å². The Kier molecular flexibility index (Phi) is 11.6. The first-order valence-electron chi connectivity index (χ1n) is 20.0. The molecule has 2 aromatic rings. The number of piperazine rings is 1. The van der Waals surface area contributed by atoms with Crippen LogP contribution in [0.5, 0.6) is 0 Å². The van der Waals surface area contributed by atoms with Crippen LogP contribution in [0, 0.1) is 11.7 Å². The van der Waals surface area contributed by atoms with Gasteiger partial charge >= 0.3 is 12.1 Å². The van der Waals surface area contributed by atoms with E-state index in [4.69, 9.17) is 32.6 Å². The number of rotatable bonds is 8. The molecule has 4 aliphatic heterocycles. The summed E-state index contributed by atoms with van der Waals surface area (Å²) in [6.45, 7) is 14.5. The smallest absolute Gasteiger partial charge is 0.415 e. The molecule has 3 fully saturated rings. The van der Waals surface area contributed by atoms with Gasteiger partial charge in [-0.25, -0.2) is 18.8 Å². The summed E-state index contributed by atoms with van der Waals surface area (Å²) in [6, 6.07) is 4.94. The number of fused-ring (bicyclic) bond motifs is 1. The standard InChI is InChI=1S/C41H49Cl2F5N6O4SSi/c1-22(2)31-32(59-37-50-39(6,24-10-12-30(43)49-17-24)33(54(31)37)23-9-11-27(42)28(45)15-23)35(56)51-18-25(44)16-29(51)34(55)52-21-40(13-14-40)53(36(57)41(46,47)48)19-26(52)20-58-60(7,8)38(3,4)5/h9-12,15,17,22,25-26,29,33H,13-14,16,18-21H2,1-8H3/t25-,26+,29+,33-,39+/m1/s1. The second-order valence-corrected chi connectivity index (χ2v) is 25.0. The van der Waals surface area contributed by atoms with Gasteiger partial charge in [0.15, 0.2) is 13.5 Å². The zero-order valence-electron chi connectivity index (χ0n) is 34.7.